The molecule has 0 saturated carbocycles. The fourth-order valence-electron chi connectivity index (χ4n) is 2.47. The minimum Gasteiger partial charge on any atom is -0.490 e. The number of nitro benzene ring substituents is 1. The molecule has 0 bridgehead atoms. The maximum atomic E-state index is 12.8. The molecule has 0 aliphatic heterocycles. The minimum absolute atomic E-state index is 0.0334. The third-order valence-electron chi connectivity index (χ3n) is 3.87. The third-order valence-corrected chi connectivity index (χ3v) is 3.87. The van der Waals surface area contributed by atoms with Crippen LogP contribution in [0.25, 0.3) is 0 Å². The summed E-state index contributed by atoms with van der Waals surface area (Å²) in [4.78, 5) is 36.3. The van der Waals surface area contributed by atoms with Crippen LogP contribution in [0.15, 0.2) is 18.2 Å². The number of aliphatic hydroxyl groups excluding tert-OH is 1. The van der Waals surface area contributed by atoms with Crippen LogP contribution in [0, 0.1) is 10.1 Å². The van der Waals surface area contributed by atoms with Crippen molar-refractivity contribution in [1.29, 1.82) is 0 Å². The highest BCUT2D eigenvalue weighted by Crippen LogP contribution is 2.28. The lowest BCUT2D eigenvalue weighted by atomic mass is 10.1. The van der Waals surface area contributed by atoms with E-state index in [0.29, 0.717) is 6.42 Å². The molecular formula is C17H24N2O7. The average Bonchev–Trinajstić information content (AvgIpc) is 2.64. The van der Waals surface area contributed by atoms with Crippen LogP contribution in [0.2, 0.25) is 0 Å². The molecular weight excluding hydrogens is 344 g/mol. The number of esters is 1. The second kappa shape index (κ2) is 10.3. The normalized spacial score (nSPS) is 11.5. The van der Waals surface area contributed by atoms with Gasteiger partial charge in [-0.15, -0.1) is 0 Å². The second-order valence-electron chi connectivity index (χ2n) is 5.44. The van der Waals surface area contributed by atoms with Gasteiger partial charge in [0.2, 0.25) is 0 Å². The van der Waals surface area contributed by atoms with Gasteiger partial charge in [-0.1, -0.05) is 6.92 Å². The third kappa shape index (κ3) is 5.41. The number of rotatable bonds is 10. The molecule has 9 heteroatoms. The summed E-state index contributed by atoms with van der Waals surface area (Å²) in [6.07, 6.45) is 0.428. The Balaban J connectivity index is 3.12. The quantitative estimate of drug-likeness (QED) is 0.380. The van der Waals surface area contributed by atoms with Crippen LogP contribution in [-0.2, 0) is 9.53 Å². The van der Waals surface area contributed by atoms with Gasteiger partial charge in [-0.25, -0.2) is 0 Å². The van der Waals surface area contributed by atoms with Crippen molar-refractivity contribution in [2.75, 3.05) is 26.9 Å². The van der Waals surface area contributed by atoms with Gasteiger partial charge >= 0.3 is 11.7 Å². The van der Waals surface area contributed by atoms with Gasteiger partial charge in [-0.05, 0) is 25.5 Å². The van der Waals surface area contributed by atoms with Crippen molar-refractivity contribution in [3.8, 4) is 5.75 Å². The number of benzene rings is 1. The van der Waals surface area contributed by atoms with E-state index in [1.54, 1.807) is 13.8 Å². The largest absolute Gasteiger partial charge is 0.490 e. The van der Waals surface area contributed by atoms with Crippen molar-refractivity contribution in [3.05, 3.63) is 33.9 Å². The van der Waals surface area contributed by atoms with Gasteiger partial charge in [0.05, 0.1) is 37.7 Å². The molecule has 26 heavy (non-hydrogen) atoms. The Morgan fingerprint density at radius 2 is 2.04 bits per heavy atom. The number of hydrogen-bond donors (Lipinski definition) is 1. The summed E-state index contributed by atoms with van der Waals surface area (Å²) in [6.45, 7) is 3.45. The van der Waals surface area contributed by atoms with E-state index in [0.717, 1.165) is 6.07 Å². The molecule has 1 aromatic carbocycles. The highest BCUT2D eigenvalue weighted by Gasteiger charge is 2.26. The number of aliphatic hydroxyl groups is 1. The summed E-state index contributed by atoms with van der Waals surface area (Å²) in [7, 11) is 1.30. The lowest BCUT2D eigenvalue weighted by Gasteiger charge is -2.29. The zero-order valence-electron chi connectivity index (χ0n) is 15.1. The standard InChI is InChI=1S/C17H24N2O7/c1-4-13(11-20)18(9-8-16(21)26-5-2)17(22)12-6-7-15(25-3)14(10-12)19(23)24/h6-7,10,13,20H,4-5,8-9,11H2,1-3H3. The first-order valence-electron chi connectivity index (χ1n) is 8.29. The highest BCUT2D eigenvalue weighted by molar-refractivity contribution is 5.95. The first kappa shape index (κ1) is 21.4. The predicted octanol–water partition coefficient (Wildman–Crippen LogP) is 1.77. The SMILES string of the molecule is CCOC(=O)CCN(C(=O)c1ccc(OC)c([N+](=O)[O-])c1)C(CC)CO. The van der Waals surface area contributed by atoms with Gasteiger partial charge in [0.25, 0.3) is 5.91 Å². The van der Waals surface area contributed by atoms with Gasteiger partial charge < -0.3 is 19.5 Å². The summed E-state index contributed by atoms with van der Waals surface area (Å²) in [5.41, 5.74) is -0.256. The van der Waals surface area contributed by atoms with E-state index in [-0.39, 0.29) is 43.2 Å². The molecule has 0 aliphatic carbocycles. The van der Waals surface area contributed by atoms with Crippen molar-refractivity contribution < 1.29 is 29.1 Å². The van der Waals surface area contributed by atoms with Crippen molar-refractivity contribution in [3.63, 3.8) is 0 Å². The van der Waals surface area contributed by atoms with Crippen LogP contribution in [0.5, 0.6) is 5.75 Å². The van der Waals surface area contributed by atoms with E-state index in [2.05, 4.69) is 0 Å². The molecule has 0 saturated heterocycles. The second-order valence-corrected chi connectivity index (χ2v) is 5.44. The molecule has 1 rings (SSSR count). The minimum atomic E-state index is -0.637. The Kier molecular flexibility index (Phi) is 8.50. The molecule has 0 aromatic heterocycles. The number of nitrogens with zero attached hydrogens (tertiary/aromatic N) is 2. The molecule has 1 N–H and O–H groups in total. The van der Waals surface area contributed by atoms with Gasteiger partial charge in [-0.3, -0.25) is 19.7 Å². The number of carbonyl (C=O) groups excluding carboxylic acids is 2. The molecule has 1 unspecified atom stereocenters. The van der Waals surface area contributed by atoms with Crippen LogP contribution in [0.4, 0.5) is 5.69 Å². The molecule has 0 fully saturated rings. The summed E-state index contributed by atoms with van der Waals surface area (Å²) in [6, 6.07) is 3.37. The Bertz CT molecular complexity index is 644. The summed E-state index contributed by atoms with van der Waals surface area (Å²) in [5, 5.41) is 20.7. The molecule has 0 spiro atoms. The van der Waals surface area contributed by atoms with Crippen LogP contribution in [0.3, 0.4) is 0 Å². The van der Waals surface area contributed by atoms with E-state index in [4.69, 9.17) is 9.47 Å². The van der Waals surface area contributed by atoms with E-state index in [1.807, 2.05) is 0 Å². The van der Waals surface area contributed by atoms with Crippen molar-refractivity contribution in [2.24, 2.45) is 0 Å². The highest BCUT2D eigenvalue weighted by atomic mass is 16.6. The van der Waals surface area contributed by atoms with Crippen LogP contribution in [-0.4, -0.2) is 59.7 Å². The number of amides is 1. The molecule has 1 amide bonds. The molecule has 144 valence electrons. The van der Waals surface area contributed by atoms with Gasteiger partial charge in [-0.2, -0.15) is 0 Å². The topological polar surface area (TPSA) is 119 Å². The summed E-state index contributed by atoms with van der Waals surface area (Å²) < 4.78 is 9.79. The van der Waals surface area contributed by atoms with Gasteiger partial charge in [0, 0.05) is 18.2 Å². The van der Waals surface area contributed by atoms with Crippen molar-refractivity contribution in [2.45, 2.75) is 32.7 Å². The summed E-state index contributed by atoms with van der Waals surface area (Å²) >= 11 is 0. The fourth-order valence-corrected chi connectivity index (χ4v) is 2.47. The van der Waals surface area contributed by atoms with E-state index >= 15 is 0 Å². The first-order chi connectivity index (χ1) is 12.4. The molecule has 0 heterocycles. The van der Waals surface area contributed by atoms with Crippen molar-refractivity contribution in [1.82, 2.24) is 4.90 Å². The zero-order chi connectivity index (χ0) is 19.7. The smallest absolute Gasteiger partial charge is 0.311 e. The average molecular weight is 368 g/mol. The molecule has 1 atom stereocenters. The molecule has 0 aliphatic rings. The Hall–Kier alpha value is -2.68. The Morgan fingerprint density at radius 3 is 2.54 bits per heavy atom. The van der Waals surface area contributed by atoms with Crippen LogP contribution < -0.4 is 4.74 Å². The molecule has 9 nitrogen and oxygen atoms in total. The van der Waals surface area contributed by atoms with Gasteiger partial charge in [0.15, 0.2) is 5.75 Å². The fraction of sp³-hybridized carbons (Fsp3) is 0.529. The predicted molar refractivity (Wildman–Crippen MR) is 93.1 cm³/mol. The number of ether oxygens (including phenoxy) is 2. The molecule has 0 radical (unpaired) electrons. The first-order valence-corrected chi connectivity index (χ1v) is 8.29. The molecule has 1 aromatic rings. The number of methoxy groups -OCH3 is 1. The van der Waals surface area contributed by atoms with Crippen LogP contribution >= 0.6 is 0 Å². The van der Waals surface area contributed by atoms with Crippen molar-refractivity contribution >= 4 is 17.6 Å². The maximum Gasteiger partial charge on any atom is 0.311 e. The Morgan fingerprint density at radius 1 is 1.35 bits per heavy atom. The number of hydrogen-bond acceptors (Lipinski definition) is 7. The Labute approximate surface area is 151 Å². The lowest BCUT2D eigenvalue weighted by molar-refractivity contribution is -0.385. The zero-order valence-corrected chi connectivity index (χ0v) is 15.1. The number of carbonyl (C=O) groups is 2. The summed E-state index contributed by atoms with van der Waals surface area (Å²) in [5.74, 6) is -0.932. The van der Waals surface area contributed by atoms with Gasteiger partial charge in [0.1, 0.15) is 0 Å². The lowest BCUT2D eigenvalue weighted by Crippen LogP contribution is -2.43. The van der Waals surface area contributed by atoms with E-state index < -0.39 is 22.8 Å². The van der Waals surface area contributed by atoms with Crippen LogP contribution in [0.1, 0.15) is 37.0 Å². The maximum absolute atomic E-state index is 12.8. The van der Waals surface area contributed by atoms with E-state index in [9.17, 15) is 24.8 Å². The van der Waals surface area contributed by atoms with E-state index in [1.165, 1.54) is 24.1 Å². The number of nitro groups is 1. The monoisotopic (exact) mass is 368 g/mol.